The number of hydrogen-bond acceptors (Lipinski definition) is 7. The predicted octanol–water partition coefficient (Wildman–Crippen LogP) is 4.74. The number of aromatic amines is 1. The monoisotopic (exact) mass is 792 g/mol. The Bertz CT molecular complexity index is 1660. The highest BCUT2D eigenvalue weighted by molar-refractivity contribution is 6.38. The summed E-state index contributed by atoms with van der Waals surface area (Å²) < 4.78 is 39.9. The van der Waals surface area contributed by atoms with Gasteiger partial charge < -0.3 is 31.2 Å². The van der Waals surface area contributed by atoms with Crippen LogP contribution >= 0.6 is 0 Å². The van der Waals surface area contributed by atoms with Crippen LogP contribution in [0.4, 0.5) is 13.2 Å². The van der Waals surface area contributed by atoms with Crippen LogP contribution in [0.2, 0.25) is 0 Å². The lowest BCUT2D eigenvalue weighted by Gasteiger charge is -2.37. The van der Waals surface area contributed by atoms with Gasteiger partial charge in [-0.3, -0.25) is 33.6 Å². The molecule has 0 aromatic carbocycles. The van der Waals surface area contributed by atoms with E-state index < -0.39 is 83.9 Å². The highest BCUT2D eigenvalue weighted by atomic mass is 19.4. The second-order valence-electron chi connectivity index (χ2n) is 17.1. The van der Waals surface area contributed by atoms with Crippen LogP contribution in [0.15, 0.2) is 0 Å². The molecule has 2 heterocycles. The van der Waals surface area contributed by atoms with Crippen molar-refractivity contribution in [2.75, 3.05) is 6.54 Å². The standard InChI is InChI=1S/C40H59F3N6O7/c1-8-12-24-19-28(34(52)46-27(17-18-40(41,42)43)32(51)37(55)45-26-15-16-26)49(20-24)38(56)33(39(5,6)7)48-35(53)30(25-13-10-9-11-14-25)47-36(54)31-29(23(4)50)21(2)22(3)44-31/h24-28,30,33,44H,8-20H2,1-7H3,(H,45,55)(H,46,52)(H,47,54)(H,48,53)/t24-,27?,28-,30?,33+/m0/s1. The molecule has 4 rings (SSSR count). The highest BCUT2D eigenvalue weighted by Crippen LogP contribution is 2.33. The van der Waals surface area contributed by atoms with Crippen molar-refractivity contribution in [2.24, 2.45) is 17.3 Å². The van der Waals surface area contributed by atoms with Gasteiger partial charge in [0.15, 0.2) is 5.78 Å². The van der Waals surface area contributed by atoms with E-state index in [1.54, 1.807) is 34.6 Å². The normalized spacial score (nSPS) is 20.8. The van der Waals surface area contributed by atoms with E-state index in [2.05, 4.69) is 26.3 Å². The first-order chi connectivity index (χ1) is 26.1. The zero-order chi connectivity index (χ0) is 41.7. The van der Waals surface area contributed by atoms with Gasteiger partial charge in [0.2, 0.25) is 23.5 Å². The smallest absolute Gasteiger partial charge is 0.354 e. The third-order valence-electron chi connectivity index (χ3n) is 11.3. The summed E-state index contributed by atoms with van der Waals surface area (Å²) in [4.78, 5) is 99.2. The molecule has 0 bridgehead atoms. The number of aromatic nitrogens is 1. The van der Waals surface area contributed by atoms with E-state index in [-0.39, 0.29) is 47.9 Å². The lowest BCUT2D eigenvalue weighted by atomic mass is 9.82. The Morgan fingerprint density at radius 1 is 0.911 bits per heavy atom. The molecule has 312 valence electrons. The first-order valence-corrected chi connectivity index (χ1v) is 20.0. The lowest BCUT2D eigenvalue weighted by Crippen LogP contribution is -2.62. The number of halogens is 3. The van der Waals surface area contributed by atoms with E-state index >= 15 is 0 Å². The van der Waals surface area contributed by atoms with Gasteiger partial charge in [-0.15, -0.1) is 0 Å². The molecule has 1 aromatic rings. The van der Waals surface area contributed by atoms with Gasteiger partial charge in [-0.25, -0.2) is 0 Å². The van der Waals surface area contributed by atoms with Crippen molar-refractivity contribution in [2.45, 2.75) is 162 Å². The quantitative estimate of drug-likeness (QED) is 0.118. The van der Waals surface area contributed by atoms with E-state index in [1.165, 1.54) is 11.8 Å². The summed E-state index contributed by atoms with van der Waals surface area (Å²) in [7, 11) is 0. The molecule has 5 amide bonds. The van der Waals surface area contributed by atoms with Gasteiger partial charge in [0.1, 0.15) is 23.8 Å². The Hall–Kier alpha value is -4.24. The molecule has 0 radical (unpaired) electrons. The molecule has 1 aromatic heterocycles. The maximum Gasteiger partial charge on any atom is 0.389 e. The Labute approximate surface area is 326 Å². The molecule has 56 heavy (non-hydrogen) atoms. The van der Waals surface area contributed by atoms with E-state index in [9.17, 15) is 46.7 Å². The van der Waals surface area contributed by atoms with Crippen molar-refractivity contribution in [3.63, 3.8) is 0 Å². The van der Waals surface area contributed by atoms with Gasteiger partial charge in [0.05, 0.1) is 11.6 Å². The second-order valence-corrected chi connectivity index (χ2v) is 17.1. The molecule has 13 nitrogen and oxygen atoms in total. The number of likely N-dealkylation sites (tertiary alicyclic amines) is 1. The van der Waals surface area contributed by atoms with Gasteiger partial charge in [-0.1, -0.05) is 53.4 Å². The first-order valence-electron chi connectivity index (χ1n) is 20.0. The number of aryl methyl sites for hydroxylation is 1. The fraction of sp³-hybridized carbons (Fsp3) is 0.725. The SMILES string of the molecule is CCC[C@H]1C[C@@H](C(=O)NC(CCC(F)(F)F)C(=O)C(=O)NC2CC2)N(C(=O)[C@@H](NC(=O)C(NC(=O)c2[nH]c(C)c(C)c2C(C)=O)C2CCCCC2)C(C)(C)C)C1. The number of ketones is 2. The fourth-order valence-corrected chi connectivity index (χ4v) is 7.97. The van der Waals surface area contributed by atoms with Gasteiger partial charge in [-0.05, 0) is 88.5 Å². The molecule has 16 heteroatoms. The van der Waals surface area contributed by atoms with Crippen LogP contribution in [0.3, 0.4) is 0 Å². The number of Topliss-reactive ketones (excluding diaryl/α,β-unsaturated/α-hetero) is 2. The number of hydrogen-bond donors (Lipinski definition) is 5. The van der Waals surface area contributed by atoms with Crippen LogP contribution < -0.4 is 21.3 Å². The molecule has 3 fully saturated rings. The van der Waals surface area contributed by atoms with Crippen molar-refractivity contribution in [1.29, 1.82) is 0 Å². The molecule has 1 aliphatic heterocycles. The highest BCUT2D eigenvalue weighted by Gasteiger charge is 2.47. The van der Waals surface area contributed by atoms with Crippen LogP contribution in [-0.2, 0) is 24.0 Å². The molecule has 3 aliphatic rings. The summed E-state index contributed by atoms with van der Waals surface area (Å²) in [6, 6.07) is -5.45. The second kappa shape index (κ2) is 18.4. The Balaban J connectivity index is 1.60. The largest absolute Gasteiger partial charge is 0.389 e. The maximum atomic E-state index is 14.6. The van der Waals surface area contributed by atoms with Crippen molar-refractivity contribution in [1.82, 2.24) is 31.2 Å². The first kappa shape index (κ1) is 44.5. The lowest BCUT2D eigenvalue weighted by molar-refractivity contribution is -0.148. The molecule has 5 atom stereocenters. The van der Waals surface area contributed by atoms with Crippen molar-refractivity contribution in [3.8, 4) is 0 Å². The average molecular weight is 793 g/mol. The topological polar surface area (TPSA) is 187 Å². The number of rotatable bonds is 16. The number of amides is 5. The molecule has 2 saturated carbocycles. The summed E-state index contributed by atoms with van der Waals surface area (Å²) in [6.45, 7) is 12.1. The molecule has 0 spiro atoms. The summed E-state index contributed by atoms with van der Waals surface area (Å²) in [6.07, 6.45) is -0.173. The summed E-state index contributed by atoms with van der Waals surface area (Å²) >= 11 is 0. The van der Waals surface area contributed by atoms with Crippen LogP contribution in [-0.4, -0.2) is 93.9 Å². The minimum atomic E-state index is -4.65. The molecule has 5 N–H and O–H groups in total. The number of carbonyl (C=O) groups is 7. The third-order valence-corrected chi connectivity index (χ3v) is 11.3. The van der Waals surface area contributed by atoms with Crippen molar-refractivity contribution in [3.05, 3.63) is 22.5 Å². The van der Waals surface area contributed by atoms with Gasteiger partial charge in [0, 0.05) is 24.7 Å². The van der Waals surface area contributed by atoms with Crippen LogP contribution in [0, 0.1) is 31.1 Å². The molecule has 1 saturated heterocycles. The van der Waals surface area contributed by atoms with Crippen molar-refractivity contribution >= 4 is 41.1 Å². The number of alkyl halides is 3. The zero-order valence-electron chi connectivity index (χ0n) is 33.7. The molecular formula is C40H59F3N6O7. The fourth-order valence-electron chi connectivity index (χ4n) is 7.97. The Morgan fingerprint density at radius 3 is 2.11 bits per heavy atom. The van der Waals surface area contributed by atoms with Crippen LogP contribution in [0.5, 0.6) is 0 Å². The van der Waals surface area contributed by atoms with E-state index in [0.717, 1.165) is 25.7 Å². The van der Waals surface area contributed by atoms with Crippen LogP contribution in [0.25, 0.3) is 0 Å². The van der Waals surface area contributed by atoms with Gasteiger partial charge >= 0.3 is 6.18 Å². The molecule has 2 unspecified atom stereocenters. The Morgan fingerprint density at radius 2 is 1.55 bits per heavy atom. The zero-order valence-corrected chi connectivity index (χ0v) is 33.7. The van der Waals surface area contributed by atoms with Crippen LogP contribution in [0.1, 0.15) is 144 Å². The summed E-state index contributed by atoms with van der Waals surface area (Å²) in [5.41, 5.74) is 0.633. The Kier molecular flexibility index (Phi) is 14.6. The minimum absolute atomic E-state index is 0.0504. The molecule has 2 aliphatic carbocycles. The predicted molar refractivity (Wildman–Crippen MR) is 201 cm³/mol. The van der Waals surface area contributed by atoms with E-state index in [0.29, 0.717) is 43.4 Å². The number of nitrogens with one attached hydrogen (secondary N) is 5. The minimum Gasteiger partial charge on any atom is -0.354 e. The molecular weight excluding hydrogens is 733 g/mol. The average Bonchev–Trinajstić information content (AvgIpc) is 3.75. The summed E-state index contributed by atoms with van der Waals surface area (Å²) in [5.74, 6) is -5.68. The van der Waals surface area contributed by atoms with Crippen molar-refractivity contribution < 1.29 is 46.7 Å². The van der Waals surface area contributed by atoms with Gasteiger partial charge in [0.25, 0.3) is 11.8 Å². The third kappa shape index (κ3) is 11.4. The number of nitrogens with zero attached hydrogens (tertiary/aromatic N) is 1. The van der Waals surface area contributed by atoms with Gasteiger partial charge in [-0.2, -0.15) is 13.2 Å². The summed E-state index contributed by atoms with van der Waals surface area (Å²) in [5, 5.41) is 10.6. The van der Waals surface area contributed by atoms with E-state index in [4.69, 9.17) is 0 Å². The number of carbonyl (C=O) groups excluding carboxylic acids is 7. The number of H-pyrrole nitrogens is 1. The van der Waals surface area contributed by atoms with E-state index in [1.807, 2.05) is 6.92 Å². The maximum absolute atomic E-state index is 14.6.